The molecule has 1 N–H and O–H groups in total. The zero-order chi connectivity index (χ0) is 17.6. The smallest absolute Gasteiger partial charge is 0.316 e. The highest BCUT2D eigenvalue weighted by molar-refractivity contribution is 5.91. The first-order valence-corrected chi connectivity index (χ1v) is 9.15. The average Bonchev–Trinajstić information content (AvgIpc) is 3.11. The molecule has 2 aliphatic heterocycles. The second-order valence-electron chi connectivity index (χ2n) is 7.17. The van der Waals surface area contributed by atoms with Crippen LogP contribution in [-0.4, -0.2) is 37.8 Å². The predicted octanol–water partition coefficient (Wildman–Crippen LogP) is 3.08. The summed E-state index contributed by atoms with van der Waals surface area (Å²) in [4.78, 5) is 15.1. The van der Waals surface area contributed by atoms with Crippen LogP contribution in [0.2, 0.25) is 0 Å². The third-order valence-corrected chi connectivity index (χ3v) is 5.73. The van der Waals surface area contributed by atoms with E-state index in [0.717, 1.165) is 55.1 Å². The van der Waals surface area contributed by atoms with E-state index < -0.39 is 0 Å². The molecule has 2 atom stereocenters. The average molecular weight is 339 g/mol. The molecule has 25 heavy (non-hydrogen) atoms. The van der Waals surface area contributed by atoms with Crippen molar-refractivity contribution in [2.75, 3.05) is 5.32 Å². The Labute approximate surface area is 148 Å². The fraction of sp³-hybridized carbons (Fsp3) is 0.526. The van der Waals surface area contributed by atoms with Gasteiger partial charge in [-0.15, -0.1) is 10.2 Å². The van der Waals surface area contributed by atoms with Crippen molar-refractivity contribution in [3.05, 3.63) is 41.0 Å². The topological polar surface area (TPSA) is 63.1 Å². The lowest BCUT2D eigenvalue weighted by molar-refractivity contribution is 0.184. The lowest BCUT2D eigenvalue weighted by Gasteiger charge is -2.28. The molecule has 0 radical (unpaired) electrons. The van der Waals surface area contributed by atoms with Crippen molar-refractivity contribution in [2.24, 2.45) is 0 Å². The van der Waals surface area contributed by atoms with Crippen molar-refractivity contribution in [3.63, 3.8) is 0 Å². The van der Waals surface area contributed by atoms with Crippen molar-refractivity contribution in [1.82, 2.24) is 19.7 Å². The summed E-state index contributed by atoms with van der Waals surface area (Å²) in [5, 5.41) is 11.8. The minimum atomic E-state index is 0.0120. The van der Waals surface area contributed by atoms with Crippen LogP contribution in [0.5, 0.6) is 0 Å². The first-order valence-electron chi connectivity index (χ1n) is 9.15. The van der Waals surface area contributed by atoms with Gasteiger partial charge in [0.1, 0.15) is 11.6 Å². The van der Waals surface area contributed by atoms with E-state index in [1.807, 2.05) is 12.1 Å². The molecular formula is C19H25N5O. The number of aromatic nitrogens is 3. The van der Waals surface area contributed by atoms with Gasteiger partial charge < -0.3 is 14.8 Å². The van der Waals surface area contributed by atoms with Gasteiger partial charge in [-0.1, -0.05) is 19.1 Å². The van der Waals surface area contributed by atoms with Gasteiger partial charge in [-0.3, -0.25) is 0 Å². The van der Waals surface area contributed by atoms with Crippen molar-refractivity contribution < 1.29 is 4.79 Å². The second kappa shape index (κ2) is 6.17. The van der Waals surface area contributed by atoms with Crippen molar-refractivity contribution in [1.29, 1.82) is 0 Å². The van der Waals surface area contributed by atoms with Crippen LogP contribution in [0.4, 0.5) is 10.5 Å². The first kappa shape index (κ1) is 16.1. The second-order valence-corrected chi connectivity index (χ2v) is 7.17. The van der Waals surface area contributed by atoms with E-state index in [1.165, 1.54) is 5.56 Å². The number of urea groups is 1. The summed E-state index contributed by atoms with van der Waals surface area (Å²) in [5.74, 6) is 2.05. The number of carbonyl (C=O) groups excluding carboxylic acids is 1. The summed E-state index contributed by atoms with van der Waals surface area (Å²) < 4.78 is 2.22. The minimum absolute atomic E-state index is 0.0120. The molecule has 0 saturated carbocycles. The van der Waals surface area contributed by atoms with Crippen LogP contribution in [0.25, 0.3) is 0 Å². The Kier molecular flexibility index (Phi) is 3.98. The summed E-state index contributed by atoms with van der Waals surface area (Å²) in [6.07, 6.45) is 3.76. The summed E-state index contributed by atoms with van der Waals surface area (Å²) >= 11 is 0. The highest BCUT2D eigenvalue weighted by Gasteiger charge is 2.41. The van der Waals surface area contributed by atoms with Crippen LogP contribution < -0.4 is 5.32 Å². The summed E-state index contributed by atoms with van der Waals surface area (Å²) in [5.41, 5.74) is 3.22. The number of hydrogen-bond acceptors (Lipinski definition) is 3. The number of nitrogens with zero attached hydrogens (tertiary/aromatic N) is 4. The fourth-order valence-electron chi connectivity index (χ4n) is 4.16. The van der Waals surface area contributed by atoms with E-state index in [0.29, 0.717) is 0 Å². The van der Waals surface area contributed by atoms with Gasteiger partial charge in [0, 0.05) is 31.1 Å². The van der Waals surface area contributed by atoms with Gasteiger partial charge in [-0.2, -0.15) is 0 Å². The van der Waals surface area contributed by atoms with E-state index in [-0.39, 0.29) is 18.1 Å². The Morgan fingerprint density at radius 3 is 2.84 bits per heavy atom. The Morgan fingerprint density at radius 1 is 1.24 bits per heavy atom. The van der Waals surface area contributed by atoms with E-state index in [1.54, 1.807) is 0 Å². The Hall–Kier alpha value is -2.37. The van der Waals surface area contributed by atoms with Gasteiger partial charge in [0.15, 0.2) is 0 Å². The monoisotopic (exact) mass is 339 g/mol. The highest BCUT2D eigenvalue weighted by atomic mass is 16.2. The summed E-state index contributed by atoms with van der Waals surface area (Å²) in [6.45, 7) is 7.03. The number of benzene rings is 1. The normalized spacial score (nSPS) is 21.8. The van der Waals surface area contributed by atoms with Crippen LogP contribution in [0.3, 0.4) is 0 Å². The molecular weight excluding hydrogens is 314 g/mol. The van der Waals surface area contributed by atoms with E-state index >= 15 is 0 Å². The van der Waals surface area contributed by atoms with Gasteiger partial charge in [0.2, 0.25) is 0 Å². The molecule has 4 rings (SSSR count). The third kappa shape index (κ3) is 2.69. The van der Waals surface area contributed by atoms with E-state index in [4.69, 9.17) is 0 Å². The molecule has 0 aliphatic carbocycles. The lowest BCUT2D eigenvalue weighted by atomic mass is 10.1. The number of nitrogens with one attached hydrogen (secondary N) is 1. The van der Waals surface area contributed by atoms with E-state index in [9.17, 15) is 4.79 Å². The number of hydrogen-bond donors (Lipinski definition) is 1. The van der Waals surface area contributed by atoms with Crippen LogP contribution in [0.15, 0.2) is 18.2 Å². The maximum atomic E-state index is 13.0. The number of aryl methyl sites for hydroxylation is 2. The molecule has 1 aromatic carbocycles. The molecule has 132 valence electrons. The molecule has 6 heteroatoms. The van der Waals surface area contributed by atoms with Crippen molar-refractivity contribution >= 4 is 11.7 Å². The zero-order valence-corrected chi connectivity index (χ0v) is 15.1. The van der Waals surface area contributed by atoms with Gasteiger partial charge in [-0.25, -0.2) is 4.79 Å². The molecule has 6 nitrogen and oxygen atoms in total. The fourth-order valence-corrected chi connectivity index (χ4v) is 4.16. The third-order valence-electron chi connectivity index (χ3n) is 5.73. The Bertz CT molecular complexity index is 812. The Morgan fingerprint density at radius 2 is 2.04 bits per heavy atom. The minimum Gasteiger partial charge on any atom is -0.316 e. The predicted molar refractivity (Wildman–Crippen MR) is 96.7 cm³/mol. The molecule has 0 unspecified atom stereocenters. The number of rotatable bonds is 2. The molecule has 1 aromatic heterocycles. The number of anilines is 1. The number of carbonyl (C=O) groups is 1. The summed E-state index contributed by atoms with van der Waals surface area (Å²) in [6, 6.07) is 6.48. The van der Waals surface area contributed by atoms with E-state index in [2.05, 4.69) is 51.8 Å². The Balaban J connectivity index is 1.58. The van der Waals surface area contributed by atoms with Crippen molar-refractivity contribution in [3.8, 4) is 0 Å². The van der Waals surface area contributed by atoms with Crippen LogP contribution in [0, 0.1) is 13.8 Å². The molecule has 2 amide bonds. The van der Waals surface area contributed by atoms with Gasteiger partial charge in [0.05, 0.1) is 6.04 Å². The van der Waals surface area contributed by atoms with Gasteiger partial charge in [0.25, 0.3) is 0 Å². The summed E-state index contributed by atoms with van der Waals surface area (Å²) in [7, 11) is 0. The first-order chi connectivity index (χ1) is 12.1. The molecule has 2 aliphatic rings. The highest BCUT2D eigenvalue weighted by Crippen LogP contribution is 2.32. The maximum absolute atomic E-state index is 13.0. The standard InChI is InChI=1S/C19H25N5O/c1-4-17-21-22-18-10-14-8-9-15(11-23(17)18)24(14)19(25)20-16-7-5-6-12(2)13(16)3/h5-7,14-15H,4,8-11H2,1-3H3,(H,20,25)/t14-,15+/m0/s1. The van der Waals surface area contributed by atoms with Crippen molar-refractivity contribution in [2.45, 2.75) is 65.1 Å². The molecule has 1 saturated heterocycles. The zero-order valence-electron chi connectivity index (χ0n) is 15.1. The quantitative estimate of drug-likeness (QED) is 0.914. The van der Waals surface area contributed by atoms with Crippen LogP contribution >= 0.6 is 0 Å². The lowest BCUT2D eigenvalue weighted by Crippen LogP contribution is -2.44. The van der Waals surface area contributed by atoms with Gasteiger partial charge in [-0.05, 0) is 43.9 Å². The number of amides is 2. The van der Waals surface area contributed by atoms with Crippen LogP contribution in [-0.2, 0) is 19.4 Å². The SMILES string of the molecule is CCc1nnc2n1C[C@H]1CC[C@@H](C2)N1C(=O)Nc1cccc(C)c1C. The molecule has 0 spiro atoms. The largest absolute Gasteiger partial charge is 0.322 e. The molecule has 1 fully saturated rings. The number of fused-ring (bicyclic) bond motifs is 3. The molecule has 3 heterocycles. The maximum Gasteiger partial charge on any atom is 0.322 e. The van der Waals surface area contributed by atoms with Crippen LogP contribution in [0.1, 0.15) is 42.5 Å². The molecule has 2 aromatic rings. The molecule has 2 bridgehead atoms. The van der Waals surface area contributed by atoms with Gasteiger partial charge >= 0.3 is 6.03 Å².